The first kappa shape index (κ1) is 12.8. The van der Waals surface area contributed by atoms with Crippen LogP contribution in [0.1, 0.15) is 29.2 Å². The molecule has 8 heteroatoms. The van der Waals surface area contributed by atoms with E-state index in [4.69, 9.17) is 5.11 Å². The molecule has 0 fully saturated rings. The molecule has 0 spiro atoms. The standard InChI is InChI=1S/C8H9F3N2O2S/c1-3(2)12-7-13-5(8(9,10)11)4(16-7)6(14)15/h3H,1-2H3,(H,12,13)(H,14,15). The minimum absolute atomic E-state index is 0.0419. The van der Waals surface area contributed by atoms with Gasteiger partial charge in [-0.3, -0.25) is 0 Å². The second-order valence-corrected chi connectivity index (χ2v) is 4.30. The molecule has 0 aliphatic carbocycles. The normalized spacial score (nSPS) is 11.9. The Morgan fingerprint density at radius 1 is 1.50 bits per heavy atom. The number of alkyl halides is 3. The lowest BCUT2D eigenvalue weighted by Crippen LogP contribution is -2.12. The van der Waals surface area contributed by atoms with Gasteiger partial charge < -0.3 is 10.4 Å². The lowest BCUT2D eigenvalue weighted by molar-refractivity contribution is -0.141. The van der Waals surface area contributed by atoms with Gasteiger partial charge >= 0.3 is 12.1 Å². The topological polar surface area (TPSA) is 62.2 Å². The fraction of sp³-hybridized carbons (Fsp3) is 0.500. The van der Waals surface area contributed by atoms with E-state index in [-0.39, 0.29) is 11.2 Å². The molecule has 90 valence electrons. The van der Waals surface area contributed by atoms with Crippen molar-refractivity contribution in [3.63, 3.8) is 0 Å². The van der Waals surface area contributed by atoms with Crippen LogP contribution in [0.15, 0.2) is 0 Å². The van der Waals surface area contributed by atoms with Crippen molar-refractivity contribution in [1.82, 2.24) is 4.98 Å². The number of carbonyl (C=O) groups is 1. The molecule has 0 aliphatic heterocycles. The van der Waals surface area contributed by atoms with Gasteiger partial charge in [-0.05, 0) is 13.8 Å². The number of aromatic carboxylic acids is 1. The molecule has 0 aromatic carbocycles. The zero-order chi connectivity index (χ0) is 12.5. The third-order valence-electron chi connectivity index (χ3n) is 1.50. The summed E-state index contributed by atoms with van der Waals surface area (Å²) in [5, 5.41) is 11.2. The lowest BCUT2D eigenvalue weighted by atomic mass is 10.3. The van der Waals surface area contributed by atoms with Gasteiger partial charge in [0.25, 0.3) is 0 Å². The summed E-state index contributed by atoms with van der Waals surface area (Å²) in [6, 6.07) is -0.117. The monoisotopic (exact) mass is 254 g/mol. The van der Waals surface area contributed by atoms with Gasteiger partial charge in [0.2, 0.25) is 0 Å². The van der Waals surface area contributed by atoms with Gasteiger partial charge in [0.15, 0.2) is 10.8 Å². The summed E-state index contributed by atoms with van der Waals surface area (Å²) in [6.45, 7) is 3.43. The van der Waals surface area contributed by atoms with E-state index in [2.05, 4.69) is 10.3 Å². The van der Waals surface area contributed by atoms with Gasteiger partial charge in [0.05, 0.1) is 0 Å². The molecular formula is C8H9F3N2O2S. The highest BCUT2D eigenvalue weighted by Gasteiger charge is 2.39. The minimum Gasteiger partial charge on any atom is -0.477 e. The number of nitrogens with zero attached hydrogens (tertiary/aromatic N) is 1. The van der Waals surface area contributed by atoms with Crippen LogP contribution in [0.2, 0.25) is 0 Å². The summed E-state index contributed by atoms with van der Waals surface area (Å²) in [5.74, 6) is -1.62. The quantitative estimate of drug-likeness (QED) is 0.870. The van der Waals surface area contributed by atoms with Crippen molar-refractivity contribution in [2.75, 3.05) is 5.32 Å². The largest absolute Gasteiger partial charge is 0.477 e. The second kappa shape index (κ2) is 4.28. The van der Waals surface area contributed by atoms with Crippen LogP contribution in [0, 0.1) is 0 Å². The van der Waals surface area contributed by atoms with E-state index in [1.54, 1.807) is 13.8 Å². The average Bonchev–Trinajstić information content (AvgIpc) is 2.45. The van der Waals surface area contributed by atoms with Crippen LogP contribution in [0.3, 0.4) is 0 Å². The molecule has 0 saturated carbocycles. The number of thiazole rings is 1. The summed E-state index contributed by atoms with van der Waals surface area (Å²) in [4.78, 5) is 13.1. The summed E-state index contributed by atoms with van der Waals surface area (Å²) >= 11 is 0.481. The first-order valence-corrected chi connectivity index (χ1v) is 5.11. The summed E-state index contributed by atoms with van der Waals surface area (Å²) in [5.41, 5.74) is -1.35. The second-order valence-electron chi connectivity index (χ2n) is 3.30. The van der Waals surface area contributed by atoms with Gasteiger partial charge in [-0.1, -0.05) is 11.3 Å². The molecule has 0 amide bonds. The number of hydrogen-bond donors (Lipinski definition) is 2. The van der Waals surface area contributed by atoms with Gasteiger partial charge in [-0.25, -0.2) is 9.78 Å². The Bertz CT molecular complexity index is 400. The molecule has 0 aliphatic rings. The molecule has 16 heavy (non-hydrogen) atoms. The number of aromatic nitrogens is 1. The maximum Gasteiger partial charge on any atom is 0.435 e. The molecule has 0 saturated heterocycles. The lowest BCUT2D eigenvalue weighted by Gasteiger charge is -2.05. The molecular weight excluding hydrogens is 245 g/mol. The molecule has 1 rings (SSSR count). The Kier molecular flexibility index (Phi) is 3.41. The van der Waals surface area contributed by atoms with Crippen LogP contribution in [0.5, 0.6) is 0 Å². The third kappa shape index (κ3) is 2.84. The highest BCUT2D eigenvalue weighted by molar-refractivity contribution is 7.17. The predicted molar refractivity (Wildman–Crippen MR) is 52.8 cm³/mol. The van der Waals surface area contributed by atoms with Gasteiger partial charge in [0, 0.05) is 6.04 Å². The van der Waals surface area contributed by atoms with E-state index >= 15 is 0 Å². The van der Waals surface area contributed by atoms with Crippen molar-refractivity contribution in [1.29, 1.82) is 0 Å². The Morgan fingerprint density at radius 3 is 2.38 bits per heavy atom. The number of rotatable bonds is 3. The van der Waals surface area contributed by atoms with E-state index in [1.807, 2.05) is 0 Å². The highest BCUT2D eigenvalue weighted by atomic mass is 32.1. The molecule has 1 heterocycles. The number of halogens is 3. The van der Waals surface area contributed by atoms with E-state index in [1.165, 1.54) is 0 Å². The third-order valence-corrected chi connectivity index (χ3v) is 2.48. The number of carboxylic acids is 1. The Balaban J connectivity index is 3.16. The van der Waals surface area contributed by atoms with Crippen LogP contribution in [-0.2, 0) is 6.18 Å². The first-order chi connectivity index (χ1) is 7.21. The molecule has 1 aromatic heterocycles. The van der Waals surface area contributed by atoms with Crippen molar-refractivity contribution in [2.24, 2.45) is 0 Å². The highest BCUT2D eigenvalue weighted by Crippen LogP contribution is 2.36. The molecule has 0 unspecified atom stereocenters. The van der Waals surface area contributed by atoms with Gasteiger partial charge in [-0.2, -0.15) is 13.2 Å². The Hall–Kier alpha value is -1.31. The van der Waals surface area contributed by atoms with Crippen molar-refractivity contribution >= 4 is 22.4 Å². The van der Waals surface area contributed by atoms with E-state index in [9.17, 15) is 18.0 Å². The molecule has 0 atom stereocenters. The van der Waals surface area contributed by atoms with Crippen LogP contribution in [0.4, 0.5) is 18.3 Å². The molecule has 0 radical (unpaired) electrons. The molecule has 0 bridgehead atoms. The molecule has 4 nitrogen and oxygen atoms in total. The van der Waals surface area contributed by atoms with E-state index in [0.717, 1.165) is 0 Å². The van der Waals surface area contributed by atoms with Crippen LogP contribution >= 0.6 is 11.3 Å². The summed E-state index contributed by atoms with van der Waals surface area (Å²) in [6.07, 6.45) is -4.75. The Labute approximate surface area is 93.1 Å². The van der Waals surface area contributed by atoms with E-state index < -0.39 is 22.7 Å². The zero-order valence-electron chi connectivity index (χ0n) is 8.42. The van der Waals surface area contributed by atoms with E-state index in [0.29, 0.717) is 11.3 Å². The van der Waals surface area contributed by atoms with Crippen LogP contribution < -0.4 is 5.32 Å². The maximum atomic E-state index is 12.4. The SMILES string of the molecule is CC(C)Nc1nc(C(F)(F)F)c(C(=O)O)s1. The van der Waals surface area contributed by atoms with Crippen molar-refractivity contribution in [2.45, 2.75) is 26.1 Å². The predicted octanol–water partition coefficient (Wildman–Crippen LogP) is 2.68. The smallest absolute Gasteiger partial charge is 0.435 e. The number of anilines is 1. The van der Waals surface area contributed by atoms with Crippen LogP contribution in [-0.4, -0.2) is 22.1 Å². The fourth-order valence-corrected chi connectivity index (χ4v) is 1.94. The van der Waals surface area contributed by atoms with Gasteiger partial charge in [-0.15, -0.1) is 0 Å². The number of hydrogen-bond acceptors (Lipinski definition) is 4. The summed E-state index contributed by atoms with van der Waals surface area (Å²) < 4.78 is 37.2. The summed E-state index contributed by atoms with van der Waals surface area (Å²) in [7, 11) is 0. The Morgan fingerprint density at radius 2 is 2.06 bits per heavy atom. The van der Waals surface area contributed by atoms with Crippen molar-refractivity contribution < 1.29 is 23.1 Å². The molecule has 2 N–H and O–H groups in total. The average molecular weight is 254 g/mol. The van der Waals surface area contributed by atoms with Crippen LogP contribution in [0.25, 0.3) is 0 Å². The van der Waals surface area contributed by atoms with Crippen molar-refractivity contribution in [3.8, 4) is 0 Å². The number of nitrogens with one attached hydrogen (secondary N) is 1. The zero-order valence-corrected chi connectivity index (χ0v) is 9.24. The minimum atomic E-state index is -4.75. The number of carboxylic acid groups (broad SMARTS) is 1. The van der Waals surface area contributed by atoms with Gasteiger partial charge in [0.1, 0.15) is 4.88 Å². The maximum absolute atomic E-state index is 12.4. The first-order valence-electron chi connectivity index (χ1n) is 4.29. The fourth-order valence-electron chi connectivity index (χ4n) is 0.966. The van der Waals surface area contributed by atoms with Crippen molar-refractivity contribution in [3.05, 3.63) is 10.6 Å². The molecule has 1 aromatic rings.